The van der Waals surface area contributed by atoms with Gasteiger partial charge >= 0.3 is 5.97 Å². The number of hydrogen-bond acceptors (Lipinski definition) is 7. The van der Waals surface area contributed by atoms with Gasteiger partial charge in [-0.05, 0) is 36.4 Å². The average Bonchev–Trinajstić information content (AvgIpc) is 3.09. The second-order valence-electron chi connectivity index (χ2n) is 5.17. The molecule has 0 fully saturated rings. The summed E-state index contributed by atoms with van der Waals surface area (Å²) in [6.45, 7) is 0.0982. The van der Waals surface area contributed by atoms with Crippen LogP contribution in [0.2, 0.25) is 0 Å². The van der Waals surface area contributed by atoms with Crippen LogP contribution in [-0.2, 0) is 19.4 Å². The topological polar surface area (TPSA) is 90.9 Å². The Balaban J connectivity index is 1.94. The summed E-state index contributed by atoms with van der Waals surface area (Å²) in [5.41, 5.74) is 0.477. The van der Waals surface area contributed by atoms with E-state index < -0.39 is 26.5 Å². The van der Waals surface area contributed by atoms with Gasteiger partial charge < -0.3 is 19.5 Å². The summed E-state index contributed by atoms with van der Waals surface area (Å²) >= 11 is 0. The molecule has 0 unspecified atom stereocenters. The van der Waals surface area contributed by atoms with Crippen molar-refractivity contribution in [1.82, 2.24) is 0 Å². The molecule has 0 atom stereocenters. The van der Waals surface area contributed by atoms with Crippen molar-refractivity contribution in [3.63, 3.8) is 0 Å². The molecule has 0 saturated carbocycles. The molecule has 1 aliphatic rings. The molecule has 0 spiro atoms. The first kappa shape index (κ1) is 17.7. The van der Waals surface area contributed by atoms with Gasteiger partial charge in [-0.3, -0.25) is 0 Å². The number of halogens is 1. The predicted octanol–water partition coefficient (Wildman–Crippen LogP) is 2.45. The van der Waals surface area contributed by atoms with E-state index in [9.17, 15) is 17.6 Å². The average molecular weight is 379 g/mol. The van der Waals surface area contributed by atoms with Crippen LogP contribution in [0.4, 0.5) is 10.1 Å². The van der Waals surface area contributed by atoms with E-state index in [0.29, 0.717) is 17.2 Å². The van der Waals surface area contributed by atoms with Gasteiger partial charge in [0, 0.05) is 18.0 Å². The highest BCUT2D eigenvalue weighted by molar-refractivity contribution is 7.96. The van der Waals surface area contributed by atoms with Gasteiger partial charge in [-0.2, -0.15) is 0 Å². The van der Waals surface area contributed by atoms with Crippen LogP contribution in [0.1, 0.15) is 0 Å². The highest BCUT2D eigenvalue weighted by atomic mass is 32.2. The Labute approximate surface area is 148 Å². The second kappa shape index (κ2) is 7.04. The van der Waals surface area contributed by atoms with Crippen molar-refractivity contribution in [2.24, 2.45) is 0 Å². The van der Waals surface area contributed by atoms with E-state index in [-0.39, 0.29) is 11.7 Å². The number of rotatable bonds is 5. The molecule has 0 amide bonds. The van der Waals surface area contributed by atoms with Crippen molar-refractivity contribution in [2.75, 3.05) is 19.2 Å². The number of fused-ring (bicyclic) bond motifs is 1. The molecule has 0 saturated heterocycles. The molecular weight excluding hydrogens is 365 g/mol. The molecule has 7 nitrogen and oxygen atoms in total. The molecule has 1 heterocycles. The molecule has 1 aliphatic heterocycles. The molecule has 0 aliphatic carbocycles. The normalized spacial score (nSPS) is 13.4. The summed E-state index contributed by atoms with van der Waals surface area (Å²) in [6, 6.07) is 9.00. The number of methoxy groups -OCH3 is 1. The molecule has 0 radical (unpaired) electrons. The Hall–Kier alpha value is -3.07. The van der Waals surface area contributed by atoms with Crippen LogP contribution < -0.4 is 14.8 Å². The lowest BCUT2D eigenvalue weighted by atomic mass is 10.3. The zero-order valence-corrected chi connectivity index (χ0v) is 14.4. The highest BCUT2D eigenvalue weighted by Crippen LogP contribution is 2.34. The molecule has 3 rings (SSSR count). The summed E-state index contributed by atoms with van der Waals surface area (Å²) in [4.78, 5) is 11.1. The van der Waals surface area contributed by atoms with E-state index in [1.165, 1.54) is 0 Å². The number of nitrogens with one attached hydrogen (secondary N) is 1. The third-order valence-corrected chi connectivity index (χ3v) is 5.30. The molecule has 0 aromatic heterocycles. The van der Waals surface area contributed by atoms with E-state index in [1.54, 1.807) is 18.2 Å². The van der Waals surface area contributed by atoms with Crippen molar-refractivity contribution in [3.05, 3.63) is 59.4 Å². The Bertz CT molecular complexity index is 969. The summed E-state index contributed by atoms with van der Waals surface area (Å²) in [5, 5.41) is 2.73. The van der Waals surface area contributed by atoms with Crippen molar-refractivity contribution >= 4 is 21.5 Å². The lowest BCUT2D eigenvalue weighted by molar-refractivity contribution is -0.135. The van der Waals surface area contributed by atoms with Crippen LogP contribution in [0.5, 0.6) is 11.5 Å². The fourth-order valence-corrected chi connectivity index (χ4v) is 3.49. The van der Waals surface area contributed by atoms with Crippen LogP contribution in [0, 0.1) is 5.82 Å². The minimum atomic E-state index is -4.21. The monoisotopic (exact) mass is 379 g/mol. The SMILES string of the molecule is COC(=O)/C(=C\Nc1ccc2c(c1)OCO2)S(=O)(=O)c1ccc(F)cc1. The van der Waals surface area contributed by atoms with Crippen molar-refractivity contribution in [1.29, 1.82) is 0 Å². The van der Waals surface area contributed by atoms with Gasteiger partial charge in [0.05, 0.1) is 12.0 Å². The van der Waals surface area contributed by atoms with Crippen molar-refractivity contribution in [2.45, 2.75) is 4.90 Å². The fraction of sp³-hybridized carbons (Fsp3) is 0.118. The van der Waals surface area contributed by atoms with Crippen LogP contribution in [0.15, 0.2) is 58.5 Å². The maximum atomic E-state index is 13.0. The quantitative estimate of drug-likeness (QED) is 0.485. The van der Waals surface area contributed by atoms with Gasteiger partial charge in [-0.15, -0.1) is 0 Å². The predicted molar refractivity (Wildman–Crippen MR) is 89.9 cm³/mol. The molecule has 9 heteroatoms. The second-order valence-corrected chi connectivity index (χ2v) is 7.09. The van der Waals surface area contributed by atoms with Gasteiger partial charge in [0.15, 0.2) is 16.4 Å². The number of esters is 1. The molecule has 26 heavy (non-hydrogen) atoms. The summed E-state index contributed by atoms with van der Waals surface area (Å²) in [5.74, 6) is -0.593. The van der Waals surface area contributed by atoms with Gasteiger partial charge in [0.25, 0.3) is 0 Å². The first-order valence-electron chi connectivity index (χ1n) is 7.37. The van der Waals surface area contributed by atoms with E-state index >= 15 is 0 Å². The van der Waals surface area contributed by atoms with Crippen LogP contribution in [0.25, 0.3) is 0 Å². The van der Waals surface area contributed by atoms with E-state index in [1.807, 2.05) is 0 Å². The lowest BCUT2D eigenvalue weighted by Gasteiger charge is -2.09. The van der Waals surface area contributed by atoms with Gasteiger partial charge in [-0.1, -0.05) is 0 Å². The van der Waals surface area contributed by atoms with Gasteiger partial charge in [-0.25, -0.2) is 17.6 Å². The Kier molecular flexibility index (Phi) is 4.81. The molecule has 1 N–H and O–H groups in total. The molecule has 0 bridgehead atoms. The summed E-state index contributed by atoms with van der Waals surface area (Å²) < 4.78 is 53.4. The van der Waals surface area contributed by atoms with E-state index in [2.05, 4.69) is 10.1 Å². The minimum absolute atomic E-state index is 0.0982. The highest BCUT2D eigenvalue weighted by Gasteiger charge is 2.28. The Morgan fingerprint density at radius 3 is 2.54 bits per heavy atom. The maximum absolute atomic E-state index is 13.0. The standard InChI is InChI=1S/C17H14FNO6S/c1-23-17(20)16(26(21,22)13-5-2-11(18)3-6-13)9-19-12-4-7-14-15(8-12)25-10-24-14/h2-9,19H,10H2,1H3/b16-9+. The fourth-order valence-electron chi connectivity index (χ4n) is 2.22. The number of carbonyl (C=O) groups excluding carboxylic acids is 1. The van der Waals surface area contributed by atoms with Crippen LogP contribution in [-0.4, -0.2) is 28.3 Å². The molecule has 2 aromatic rings. The zero-order valence-electron chi connectivity index (χ0n) is 13.6. The zero-order chi connectivity index (χ0) is 18.7. The molecule has 136 valence electrons. The number of benzene rings is 2. The van der Waals surface area contributed by atoms with Crippen molar-refractivity contribution in [3.8, 4) is 11.5 Å². The Morgan fingerprint density at radius 1 is 1.15 bits per heavy atom. The summed E-state index contributed by atoms with van der Waals surface area (Å²) in [7, 11) is -3.14. The third-order valence-electron chi connectivity index (χ3n) is 3.54. The molecular formula is C17H14FNO6S. The first-order chi connectivity index (χ1) is 12.4. The largest absolute Gasteiger partial charge is 0.465 e. The van der Waals surface area contributed by atoms with Crippen LogP contribution >= 0.6 is 0 Å². The Morgan fingerprint density at radius 2 is 1.85 bits per heavy atom. The smallest absolute Gasteiger partial charge is 0.351 e. The maximum Gasteiger partial charge on any atom is 0.351 e. The number of carbonyl (C=O) groups is 1. The van der Waals surface area contributed by atoms with Crippen molar-refractivity contribution < 1.29 is 31.8 Å². The summed E-state index contributed by atoms with van der Waals surface area (Å²) in [6.07, 6.45) is 1.02. The van der Waals surface area contributed by atoms with Gasteiger partial charge in [0.2, 0.25) is 16.6 Å². The first-order valence-corrected chi connectivity index (χ1v) is 8.85. The van der Waals surface area contributed by atoms with Crippen LogP contribution in [0.3, 0.4) is 0 Å². The van der Waals surface area contributed by atoms with E-state index in [0.717, 1.165) is 37.6 Å². The number of ether oxygens (including phenoxy) is 3. The number of sulfone groups is 1. The van der Waals surface area contributed by atoms with E-state index in [4.69, 9.17) is 9.47 Å². The lowest BCUT2D eigenvalue weighted by Crippen LogP contribution is -2.17. The number of anilines is 1. The minimum Gasteiger partial charge on any atom is -0.465 e. The number of hydrogen-bond donors (Lipinski definition) is 1. The molecule has 2 aromatic carbocycles. The van der Waals surface area contributed by atoms with Gasteiger partial charge in [0.1, 0.15) is 5.82 Å². The third kappa shape index (κ3) is 3.47.